The number of ether oxygens (including phenoxy) is 1. The minimum atomic E-state index is -0.366. The van der Waals surface area contributed by atoms with Crippen molar-refractivity contribution >= 4 is 17.5 Å². The summed E-state index contributed by atoms with van der Waals surface area (Å²) in [4.78, 5) is 12.0. The van der Waals surface area contributed by atoms with Crippen LogP contribution in [0.3, 0.4) is 0 Å². The molecule has 3 rings (SSSR count). The number of anilines is 2. The summed E-state index contributed by atoms with van der Waals surface area (Å²) in [6, 6.07) is 17.2. The Morgan fingerprint density at radius 3 is 2.50 bits per heavy atom. The molecule has 1 amide bonds. The average Bonchev–Trinajstić information content (AvgIpc) is 2.69. The Kier molecular flexibility index (Phi) is 6.51. The molecular formula is C21H21FN4O2. The summed E-state index contributed by atoms with van der Waals surface area (Å²) in [5, 5.41) is 13.9. The Labute approximate surface area is 162 Å². The number of nitrogens with one attached hydrogen (secondary N) is 2. The molecule has 1 heterocycles. The van der Waals surface area contributed by atoms with Crippen LogP contribution in [0.2, 0.25) is 0 Å². The molecule has 0 saturated heterocycles. The molecule has 28 heavy (non-hydrogen) atoms. The van der Waals surface area contributed by atoms with Gasteiger partial charge in [-0.25, -0.2) is 4.39 Å². The van der Waals surface area contributed by atoms with E-state index in [1.165, 1.54) is 12.1 Å². The number of benzene rings is 2. The predicted octanol–water partition coefficient (Wildman–Crippen LogP) is 3.46. The minimum absolute atomic E-state index is 0.0694. The van der Waals surface area contributed by atoms with Gasteiger partial charge in [0, 0.05) is 6.54 Å². The molecule has 0 bridgehead atoms. The highest BCUT2D eigenvalue weighted by Crippen LogP contribution is 2.13. The Balaban J connectivity index is 1.47. The first-order valence-corrected chi connectivity index (χ1v) is 8.87. The monoisotopic (exact) mass is 380 g/mol. The van der Waals surface area contributed by atoms with Crippen LogP contribution in [0.25, 0.3) is 0 Å². The van der Waals surface area contributed by atoms with Gasteiger partial charge in [0.25, 0.3) is 0 Å². The number of halogens is 1. The van der Waals surface area contributed by atoms with E-state index in [4.69, 9.17) is 4.74 Å². The molecule has 0 saturated carbocycles. The van der Waals surface area contributed by atoms with E-state index in [0.29, 0.717) is 23.7 Å². The molecule has 1 aromatic heterocycles. The zero-order chi connectivity index (χ0) is 19.8. The van der Waals surface area contributed by atoms with Gasteiger partial charge in [-0.1, -0.05) is 24.3 Å². The van der Waals surface area contributed by atoms with E-state index in [2.05, 4.69) is 20.8 Å². The molecule has 7 heteroatoms. The number of nitrogens with zero attached hydrogens (tertiary/aromatic N) is 2. The van der Waals surface area contributed by atoms with E-state index in [1.807, 2.05) is 24.3 Å². The molecule has 0 radical (unpaired) electrons. The SMILES string of the molecule is COc1cccc(CCNc2ccc(NC(=O)Cc3cccc(F)c3)nn2)c1. The third kappa shape index (κ3) is 5.77. The highest BCUT2D eigenvalue weighted by molar-refractivity contribution is 5.91. The summed E-state index contributed by atoms with van der Waals surface area (Å²) < 4.78 is 18.4. The Morgan fingerprint density at radius 2 is 1.75 bits per heavy atom. The van der Waals surface area contributed by atoms with Crippen LogP contribution in [0.4, 0.5) is 16.0 Å². The number of amides is 1. The maximum absolute atomic E-state index is 13.2. The fraction of sp³-hybridized carbons (Fsp3) is 0.190. The zero-order valence-electron chi connectivity index (χ0n) is 15.5. The molecule has 0 aliphatic carbocycles. The van der Waals surface area contributed by atoms with Gasteiger partial charge < -0.3 is 15.4 Å². The average molecular weight is 380 g/mol. The lowest BCUT2D eigenvalue weighted by Gasteiger charge is -2.08. The first kappa shape index (κ1) is 19.3. The first-order chi connectivity index (χ1) is 13.6. The van der Waals surface area contributed by atoms with Gasteiger partial charge in [0.1, 0.15) is 17.4 Å². The fourth-order valence-electron chi connectivity index (χ4n) is 2.68. The molecule has 0 fully saturated rings. The standard InChI is InChI=1S/C21H21FN4O2/c1-28-18-7-3-4-15(13-18)10-11-23-19-8-9-20(26-25-19)24-21(27)14-16-5-2-6-17(22)12-16/h2-9,12-13H,10-11,14H2,1H3,(H,23,25)(H,24,26,27). The van der Waals surface area contributed by atoms with Crippen molar-refractivity contribution in [1.82, 2.24) is 10.2 Å². The Morgan fingerprint density at radius 1 is 1.00 bits per heavy atom. The normalized spacial score (nSPS) is 10.4. The van der Waals surface area contributed by atoms with Gasteiger partial charge in [0.2, 0.25) is 5.91 Å². The Hall–Kier alpha value is -3.48. The summed E-state index contributed by atoms with van der Waals surface area (Å²) in [5.41, 5.74) is 1.75. The molecule has 0 atom stereocenters. The van der Waals surface area contributed by atoms with Crippen molar-refractivity contribution in [2.75, 3.05) is 24.3 Å². The van der Waals surface area contributed by atoms with Crippen molar-refractivity contribution in [2.45, 2.75) is 12.8 Å². The van der Waals surface area contributed by atoms with Crippen molar-refractivity contribution < 1.29 is 13.9 Å². The van der Waals surface area contributed by atoms with E-state index in [-0.39, 0.29) is 18.1 Å². The Bertz CT molecular complexity index is 932. The fourth-order valence-corrected chi connectivity index (χ4v) is 2.68. The molecule has 0 unspecified atom stereocenters. The second kappa shape index (κ2) is 9.45. The molecule has 0 aliphatic heterocycles. The van der Waals surface area contributed by atoms with Gasteiger partial charge in [0.15, 0.2) is 5.82 Å². The molecule has 0 spiro atoms. The van der Waals surface area contributed by atoms with E-state index < -0.39 is 0 Å². The van der Waals surface area contributed by atoms with Crippen LogP contribution in [-0.2, 0) is 17.6 Å². The lowest BCUT2D eigenvalue weighted by atomic mass is 10.1. The van der Waals surface area contributed by atoms with Crippen LogP contribution in [0.1, 0.15) is 11.1 Å². The summed E-state index contributed by atoms with van der Waals surface area (Å²) in [7, 11) is 1.64. The highest BCUT2D eigenvalue weighted by Gasteiger charge is 2.06. The van der Waals surface area contributed by atoms with Crippen molar-refractivity contribution in [3.8, 4) is 5.75 Å². The van der Waals surface area contributed by atoms with Crippen LogP contribution in [0.15, 0.2) is 60.7 Å². The number of aromatic nitrogens is 2. The van der Waals surface area contributed by atoms with Crippen molar-refractivity contribution in [3.05, 3.63) is 77.6 Å². The number of rotatable bonds is 8. The lowest BCUT2D eigenvalue weighted by Crippen LogP contribution is -2.16. The highest BCUT2D eigenvalue weighted by atomic mass is 19.1. The first-order valence-electron chi connectivity index (χ1n) is 8.87. The van der Waals surface area contributed by atoms with Crippen molar-refractivity contribution in [1.29, 1.82) is 0 Å². The van der Waals surface area contributed by atoms with E-state index >= 15 is 0 Å². The number of carbonyl (C=O) groups excluding carboxylic acids is 1. The molecule has 2 aromatic carbocycles. The van der Waals surface area contributed by atoms with E-state index in [9.17, 15) is 9.18 Å². The summed E-state index contributed by atoms with van der Waals surface area (Å²) in [5.74, 6) is 1.15. The maximum Gasteiger partial charge on any atom is 0.229 e. The van der Waals surface area contributed by atoms with Crippen LogP contribution in [-0.4, -0.2) is 29.8 Å². The van der Waals surface area contributed by atoms with Crippen LogP contribution < -0.4 is 15.4 Å². The third-order valence-corrected chi connectivity index (χ3v) is 4.04. The molecule has 3 aromatic rings. The summed E-state index contributed by atoms with van der Waals surface area (Å²) in [6.07, 6.45) is 0.880. The number of hydrogen-bond donors (Lipinski definition) is 2. The third-order valence-electron chi connectivity index (χ3n) is 4.04. The smallest absolute Gasteiger partial charge is 0.229 e. The lowest BCUT2D eigenvalue weighted by molar-refractivity contribution is -0.115. The van der Waals surface area contributed by atoms with Gasteiger partial charge in [0.05, 0.1) is 13.5 Å². The van der Waals surface area contributed by atoms with Gasteiger partial charge >= 0.3 is 0 Å². The molecule has 2 N–H and O–H groups in total. The van der Waals surface area contributed by atoms with Crippen LogP contribution >= 0.6 is 0 Å². The largest absolute Gasteiger partial charge is 0.497 e. The zero-order valence-corrected chi connectivity index (χ0v) is 15.5. The summed E-state index contributed by atoms with van der Waals surface area (Å²) in [6.45, 7) is 0.688. The topological polar surface area (TPSA) is 76.1 Å². The van der Waals surface area contributed by atoms with Crippen LogP contribution in [0.5, 0.6) is 5.75 Å². The summed E-state index contributed by atoms with van der Waals surface area (Å²) >= 11 is 0. The molecular weight excluding hydrogens is 359 g/mol. The van der Waals surface area contributed by atoms with Gasteiger partial charge in [-0.2, -0.15) is 0 Å². The maximum atomic E-state index is 13.2. The second-order valence-electron chi connectivity index (χ2n) is 6.19. The minimum Gasteiger partial charge on any atom is -0.497 e. The molecule has 144 valence electrons. The quantitative estimate of drug-likeness (QED) is 0.626. The molecule has 6 nitrogen and oxygen atoms in total. The van der Waals surface area contributed by atoms with Crippen LogP contribution in [0, 0.1) is 5.82 Å². The van der Waals surface area contributed by atoms with Gasteiger partial charge in [-0.15, -0.1) is 10.2 Å². The number of methoxy groups -OCH3 is 1. The number of hydrogen-bond acceptors (Lipinski definition) is 5. The van der Waals surface area contributed by atoms with E-state index in [1.54, 1.807) is 31.4 Å². The van der Waals surface area contributed by atoms with Crippen molar-refractivity contribution in [3.63, 3.8) is 0 Å². The number of carbonyl (C=O) groups is 1. The second-order valence-corrected chi connectivity index (χ2v) is 6.19. The molecule has 0 aliphatic rings. The van der Waals surface area contributed by atoms with Gasteiger partial charge in [-0.05, 0) is 53.9 Å². The predicted molar refractivity (Wildman–Crippen MR) is 106 cm³/mol. The van der Waals surface area contributed by atoms with Crippen molar-refractivity contribution in [2.24, 2.45) is 0 Å². The van der Waals surface area contributed by atoms with E-state index in [0.717, 1.165) is 17.7 Å². The van der Waals surface area contributed by atoms with Gasteiger partial charge in [-0.3, -0.25) is 4.79 Å².